The molecule has 4 aromatic rings. The smallest absolute Gasteiger partial charge is 0.250 e. The van der Waals surface area contributed by atoms with E-state index >= 15 is 0 Å². The first-order valence-corrected chi connectivity index (χ1v) is 11.0. The number of hydrogen-bond acceptors (Lipinski definition) is 6. The lowest BCUT2D eigenvalue weighted by atomic mass is 10.2. The van der Waals surface area contributed by atoms with Crippen LogP contribution in [0.25, 0.3) is 21.3 Å². The van der Waals surface area contributed by atoms with Crippen LogP contribution in [0, 0.1) is 6.92 Å². The molecule has 0 bridgehead atoms. The molecule has 1 aliphatic rings. The predicted molar refractivity (Wildman–Crippen MR) is 118 cm³/mol. The largest absolute Gasteiger partial charge is 0.376 e. The molecule has 154 valence electrons. The number of carbonyl (C=O) groups excluding carboxylic acids is 1. The van der Waals surface area contributed by atoms with Crippen molar-refractivity contribution in [2.45, 2.75) is 32.4 Å². The van der Waals surface area contributed by atoms with Gasteiger partial charge in [0.2, 0.25) is 0 Å². The van der Waals surface area contributed by atoms with Crippen molar-refractivity contribution in [2.75, 3.05) is 18.1 Å². The molecule has 3 heterocycles. The summed E-state index contributed by atoms with van der Waals surface area (Å²) in [6.45, 7) is 3.27. The fourth-order valence-electron chi connectivity index (χ4n) is 3.78. The molecule has 1 amide bonds. The van der Waals surface area contributed by atoms with Crippen LogP contribution in [0.2, 0.25) is 5.02 Å². The highest BCUT2D eigenvalue weighted by molar-refractivity contribution is 7.22. The Bertz CT molecular complexity index is 1230. The Morgan fingerprint density at radius 1 is 1.37 bits per heavy atom. The van der Waals surface area contributed by atoms with Crippen molar-refractivity contribution in [3.8, 4) is 0 Å². The minimum absolute atomic E-state index is 0.0122. The van der Waals surface area contributed by atoms with Crippen LogP contribution < -0.4 is 4.90 Å². The maximum atomic E-state index is 13.4. The monoisotopic (exact) mass is 441 g/mol. The number of amides is 1. The van der Waals surface area contributed by atoms with E-state index in [0.717, 1.165) is 46.3 Å². The highest BCUT2D eigenvalue weighted by Crippen LogP contribution is 2.34. The van der Waals surface area contributed by atoms with Gasteiger partial charge in [-0.05, 0) is 49.6 Å². The molecule has 1 atom stereocenters. The van der Waals surface area contributed by atoms with Gasteiger partial charge in [-0.1, -0.05) is 40.3 Å². The molecule has 1 aliphatic heterocycles. The summed E-state index contributed by atoms with van der Waals surface area (Å²) in [7, 11) is 0. The van der Waals surface area contributed by atoms with Crippen molar-refractivity contribution in [1.82, 2.24) is 20.0 Å². The van der Waals surface area contributed by atoms with Crippen LogP contribution in [0.5, 0.6) is 0 Å². The lowest BCUT2D eigenvalue weighted by molar-refractivity contribution is -0.119. The van der Waals surface area contributed by atoms with E-state index in [0.29, 0.717) is 16.7 Å². The number of aromatic nitrogens is 4. The van der Waals surface area contributed by atoms with Crippen LogP contribution in [0.15, 0.2) is 36.4 Å². The summed E-state index contributed by atoms with van der Waals surface area (Å²) in [4.78, 5) is 19.9. The maximum Gasteiger partial charge on any atom is 0.250 e. The second-order valence-corrected chi connectivity index (χ2v) is 8.89. The Hall–Kier alpha value is -2.55. The molecule has 0 aliphatic carbocycles. The zero-order valence-electron chi connectivity index (χ0n) is 16.4. The van der Waals surface area contributed by atoms with Gasteiger partial charge in [0.15, 0.2) is 5.13 Å². The lowest BCUT2D eigenvalue weighted by Gasteiger charge is -2.23. The first-order valence-electron chi connectivity index (χ1n) is 9.85. The Kier molecular flexibility index (Phi) is 5.14. The minimum atomic E-state index is -0.0936. The Morgan fingerprint density at radius 2 is 2.23 bits per heavy atom. The third kappa shape index (κ3) is 3.66. The van der Waals surface area contributed by atoms with Crippen molar-refractivity contribution >= 4 is 55.2 Å². The summed E-state index contributed by atoms with van der Waals surface area (Å²) >= 11 is 7.69. The average Bonchev–Trinajstić information content (AvgIpc) is 3.46. The summed E-state index contributed by atoms with van der Waals surface area (Å²) in [5.74, 6) is -0.0936. The Balaban J connectivity index is 1.49. The number of halogens is 1. The van der Waals surface area contributed by atoms with Gasteiger partial charge in [-0.15, -0.1) is 5.10 Å². The van der Waals surface area contributed by atoms with E-state index < -0.39 is 0 Å². The molecular formula is C21H20ClN5O2S. The number of ether oxygens (including phenoxy) is 1. The molecule has 1 saturated heterocycles. The summed E-state index contributed by atoms with van der Waals surface area (Å²) < 4.78 is 8.40. The molecule has 1 unspecified atom stereocenters. The van der Waals surface area contributed by atoms with Gasteiger partial charge in [0.05, 0.1) is 28.4 Å². The van der Waals surface area contributed by atoms with Crippen molar-refractivity contribution in [2.24, 2.45) is 0 Å². The van der Waals surface area contributed by atoms with Gasteiger partial charge in [-0.2, -0.15) is 0 Å². The third-order valence-electron chi connectivity index (χ3n) is 5.29. The molecule has 7 nitrogen and oxygen atoms in total. The van der Waals surface area contributed by atoms with Crippen LogP contribution in [-0.4, -0.2) is 45.1 Å². The number of nitrogens with zero attached hydrogens (tertiary/aromatic N) is 5. The Labute approximate surface area is 182 Å². The van der Waals surface area contributed by atoms with Gasteiger partial charge >= 0.3 is 0 Å². The SMILES string of the molecule is Cc1cc(Cl)cc2sc(N(CC3CCCO3)C(=O)Cn3nnc4ccccc43)nc12. The zero-order chi connectivity index (χ0) is 20.7. The van der Waals surface area contributed by atoms with Crippen LogP contribution in [-0.2, 0) is 16.1 Å². The minimum Gasteiger partial charge on any atom is -0.376 e. The number of fused-ring (bicyclic) bond motifs is 2. The summed E-state index contributed by atoms with van der Waals surface area (Å²) in [6.07, 6.45) is 1.96. The molecule has 30 heavy (non-hydrogen) atoms. The molecule has 0 N–H and O–H groups in total. The molecule has 9 heteroatoms. The number of para-hydroxylation sites is 1. The summed E-state index contributed by atoms with van der Waals surface area (Å²) in [5, 5.41) is 9.64. The summed E-state index contributed by atoms with van der Waals surface area (Å²) in [6, 6.07) is 11.4. The van der Waals surface area contributed by atoms with Gasteiger partial charge in [0.25, 0.3) is 5.91 Å². The molecule has 0 radical (unpaired) electrons. The van der Waals surface area contributed by atoms with Gasteiger partial charge in [0, 0.05) is 11.6 Å². The highest BCUT2D eigenvalue weighted by atomic mass is 35.5. The number of aryl methyl sites for hydroxylation is 1. The van der Waals surface area contributed by atoms with Crippen molar-refractivity contribution < 1.29 is 9.53 Å². The van der Waals surface area contributed by atoms with E-state index in [1.807, 2.05) is 43.3 Å². The van der Waals surface area contributed by atoms with Crippen LogP contribution in [0.1, 0.15) is 18.4 Å². The second kappa shape index (κ2) is 7.94. The van der Waals surface area contributed by atoms with E-state index in [-0.39, 0.29) is 18.6 Å². The number of carbonyl (C=O) groups is 1. The number of rotatable bonds is 5. The third-order valence-corrected chi connectivity index (χ3v) is 6.53. The molecule has 1 fully saturated rings. The van der Waals surface area contributed by atoms with Gasteiger partial charge in [0.1, 0.15) is 12.1 Å². The number of thiazole rings is 1. The van der Waals surface area contributed by atoms with Crippen molar-refractivity contribution in [3.05, 3.63) is 47.0 Å². The molecule has 5 rings (SSSR count). The molecular weight excluding hydrogens is 422 g/mol. The number of hydrogen-bond donors (Lipinski definition) is 0. The predicted octanol–water partition coefficient (Wildman–Crippen LogP) is 4.22. The lowest BCUT2D eigenvalue weighted by Crippen LogP contribution is -2.39. The first kappa shape index (κ1) is 19.4. The molecule has 0 spiro atoms. The quantitative estimate of drug-likeness (QED) is 0.463. The first-order chi connectivity index (χ1) is 14.6. The Morgan fingerprint density at radius 3 is 3.07 bits per heavy atom. The van der Waals surface area contributed by atoms with Gasteiger partial charge < -0.3 is 4.74 Å². The highest BCUT2D eigenvalue weighted by Gasteiger charge is 2.27. The van der Waals surface area contributed by atoms with E-state index in [2.05, 4.69) is 10.3 Å². The van der Waals surface area contributed by atoms with E-state index in [1.54, 1.807) is 9.58 Å². The topological polar surface area (TPSA) is 73.1 Å². The van der Waals surface area contributed by atoms with Crippen molar-refractivity contribution in [1.29, 1.82) is 0 Å². The molecule has 2 aromatic heterocycles. The standard InChI is InChI=1S/C21H20ClN5O2S/c1-13-9-14(22)10-18-20(13)23-21(30-18)26(11-15-5-4-8-29-15)19(28)12-27-17-7-3-2-6-16(17)24-25-27/h2-3,6-7,9-10,15H,4-5,8,11-12H2,1H3. The molecule has 2 aromatic carbocycles. The fraction of sp³-hybridized carbons (Fsp3) is 0.333. The number of benzene rings is 2. The maximum absolute atomic E-state index is 13.4. The van der Waals surface area contributed by atoms with Crippen LogP contribution in [0.4, 0.5) is 5.13 Å². The summed E-state index contributed by atoms with van der Waals surface area (Å²) in [5.41, 5.74) is 3.46. The fourth-order valence-corrected chi connectivity index (χ4v) is 5.23. The zero-order valence-corrected chi connectivity index (χ0v) is 18.0. The normalized spacial score (nSPS) is 16.5. The van der Waals surface area contributed by atoms with E-state index in [9.17, 15) is 4.79 Å². The van der Waals surface area contributed by atoms with E-state index in [4.69, 9.17) is 21.3 Å². The van der Waals surface area contributed by atoms with E-state index in [1.165, 1.54) is 11.3 Å². The van der Waals surface area contributed by atoms with Crippen LogP contribution >= 0.6 is 22.9 Å². The van der Waals surface area contributed by atoms with Gasteiger partial charge in [-0.3, -0.25) is 9.69 Å². The average molecular weight is 442 g/mol. The second-order valence-electron chi connectivity index (χ2n) is 7.44. The van der Waals surface area contributed by atoms with Crippen LogP contribution in [0.3, 0.4) is 0 Å². The van der Waals surface area contributed by atoms with Gasteiger partial charge in [-0.25, -0.2) is 9.67 Å². The molecule has 0 saturated carbocycles. The van der Waals surface area contributed by atoms with Crippen molar-refractivity contribution in [3.63, 3.8) is 0 Å². The number of anilines is 1.